The van der Waals surface area contributed by atoms with E-state index in [9.17, 15) is 23.5 Å². The molecule has 4 rings (SSSR count). The maximum absolute atomic E-state index is 13.8. The predicted molar refractivity (Wildman–Crippen MR) is 102 cm³/mol. The Bertz CT molecular complexity index is 1330. The van der Waals surface area contributed by atoms with Gasteiger partial charge in [0, 0.05) is 6.07 Å². The zero-order chi connectivity index (χ0) is 20.7. The molecule has 2 aromatic heterocycles. The second-order valence-electron chi connectivity index (χ2n) is 6.41. The third-order valence-electron chi connectivity index (χ3n) is 4.37. The lowest BCUT2D eigenvalue weighted by Gasteiger charge is -2.09. The molecule has 0 radical (unpaired) electrons. The van der Waals surface area contributed by atoms with Crippen molar-refractivity contribution >= 4 is 22.6 Å². The van der Waals surface area contributed by atoms with Gasteiger partial charge in [-0.05, 0) is 36.8 Å². The van der Waals surface area contributed by atoms with Crippen LogP contribution in [0.5, 0.6) is 5.75 Å². The van der Waals surface area contributed by atoms with Crippen molar-refractivity contribution in [2.45, 2.75) is 6.92 Å². The second kappa shape index (κ2) is 6.86. The Morgan fingerprint density at radius 3 is 2.76 bits per heavy atom. The Kier molecular flexibility index (Phi) is 4.34. The van der Waals surface area contributed by atoms with Crippen LogP contribution in [0.4, 0.5) is 14.5 Å². The third-order valence-corrected chi connectivity index (χ3v) is 4.37. The lowest BCUT2D eigenvalue weighted by molar-refractivity contribution is 0.102. The molecule has 2 heterocycles. The first-order valence-electron chi connectivity index (χ1n) is 8.51. The smallest absolute Gasteiger partial charge is 0.266 e. The van der Waals surface area contributed by atoms with Gasteiger partial charge in [0.15, 0.2) is 0 Å². The fourth-order valence-electron chi connectivity index (χ4n) is 3.00. The summed E-state index contributed by atoms with van der Waals surface area (Å²) >= 11 is 0. The van der Waals surface area contributed by atoms with Crippen LogP contribution in [0.25, 0.3) is 16.7 Å². The SMILES string of the molecule is Cc1cccc(-n2ncc3c(O)c(C(=O)Nc4cc(F)ccc4F)c(=O)[nH]c32)c1. The number of anilines is 1. The van der Waals surface area contributed by atoms with E-state index in [2.05, 4.69) is 15.4 Å². The Labute approximate surface area is 162 Å². The van der Waals surface area contributed by atoms with E-state index in [1.807, 2.05) is 25.1 Å². The maximum atomic E-state index is 13.8. The molecule has 0 aliphatic rings. The highest BCUT2D eigenvalue weighted by atomic mass is 19.1. The molecule has 7 nitrogen and oxygen atoms in total. The number of amides is 1. The predicted octanol–water partition coefficient (Wildman–Crippen LogP) is 3.26. The van der Waals surface area contributed by atoms with E-state index >= 15 is 0 Å². The average Bonchev–Trinajstić information content (AvgIpc) is 3.09. The van der Waals surface area contributed by atoms with Crippen molar-refractivity contribution in [3.8, 4) is 11.4 Å². The molecule has 1 amide bonds. The van der Waals surface area contributed by atoms with Gasteiger partial charge >= 0.3 is 0 Å². The average molecular weight is 396 g/mol. The molecule has 0 bridgehead atoms. The number of rotatable bonds is 3. The zero-order valence-corrected chi connectivity index (χ0v) is 15.0. The Hall–Kier alpha value is -4.01. The third kappa shape index (κ3) is 3.22. The molecule has 0 atom stereocenters. The topological polar surface area (TPSA) is 100 Å². The quantitative estimate of drug-likeness (QED) is 0.495. The lowest BCUT2D eigenvalue weighted by Crippen LogP contribution is -2.24. The van der Waals surface area contributed by atoms with Gasteiger partial charge in [0.05, 0.1) is 23.0 Å². The largest absolute Gasteiger partial charge is 0.506 e. The Balaban J connectivity index is 1.80. The number of carbonyl (C=O) groups excluding carboxylic acids is 1. The Morgan fingerprint density at radius 1 is 1.21 bits per heavy atom. The molecule has 9 heteroatoms. The van der Waals surface area contributed by atoms with Crippen molar-refractivity contribution in [3.05, 3.63) is 81.8 Å². The van der Waals surface area contributed by atoms with Crippen molar-refractivity contribution in [1.82, 2.24) is 14.8 Å². The van der Waals surface area contributed by atoms with Gasteiger partial charge in [0.2, 0.25) is 0 Å². The molecule has 3 N–H and O–H groups in total. The summed E-state index contributed by atoms with van der Waals surface area (Å²) in [5, 5.41) is 16.9. The van der Waals surface area contributed by atoms with Crippen molar-refractivity contribution < 1.29 is 18.7 Å². The van der Waals surface area contributed by atoms with Gasteiger partial charge in [-0.3, -0.25) is 9.59 Å². The molecule has 0 spiro atoms. The molecule has 0 aliphatic heterocycles. The van der Waals surface area contributed by atoms with E-state index in [0.717, 1.165) is 23.8 Å². The molecule has 146 valence electrons. The summed E-state index contributed by atoms with van der Waals surface area (Å²) in [5.41, 5.74) is -0.195. The number of benzene rings is 2. The minimum Gasteiger partial charge on any atom is -0.506 e. The number of pyridine rings is 1. The van der Waals surface area contributed by atoms with Crippen LogP contribution in [0, 0.1) is 18.6 Å². The van der Waals surface area contributed by atoms with Crippen LogP contribution >= 0.6 is 0 Å². The molecule has 2 aromatic carbocycles. The van der Waals surface area contributed by atoms with Gasteiger partial charge in [0.1, 0.15) is 28.6 Å². The van der Waals surface area contributed by atoms with Crippen molar-refractivity contribution in [2.24, 2.45) is 0 Å². The highest BCUT2D eigenvalue weighted by Crippen LogP contribution is 2.27. The van der Waals surface area contributed by atoms with Gasteiger partial charge < -0.3 is 15.4 Å². The number of aryl methyl sites for hydroxylation is 1. The minimum absolute atomic E-state index is 0.121. The van der Waals surface area contributed by atoms with Crippen LogP contribution in [-0.4, -0.2) is 25.8 Å². The number of fused-ring (bicyclic) bond motifs is 1. The number of H-pyrrole nitrogens is 1. The maximum Gasteiger partial charge on any atom is 0.266 e. The monoisotopic (exact) mass is 396 g/mol. The number of carbonyl (C=O) groups is 1. The van der Waals surface area contributed by atoms with Crippen LogP contribution in [-0.2, 0) is 0 Å². The van der Waals surface area contributed by atoms with E-state index in [0.29, 0.717) is 5.69 Å². The van der Waals surface area contributed by atoms with Crippen molar-refractivity contribution in [2.75, 3.05) is 5.32 Å². The van der Waals surface area contributed by atoms with E-state index in [1.165, 1.54) is 10.9 Å². The number of nitrogens with zero attached hydrogens (tertiary/aromatic N) is 2. The number of halogens is 2. The van der Waals surface area contributed by atoms with Gasteiger partial charge in [0.25, 0.3) is 11.5 Å². The lowest BCUT2D eigenvalue weighted by atomic mass is 10.1. The second-order valence-corrected chi connectivity index (χ2v) is 6.41. The van der Waals surface area contributed by atoms with Crippen molar-refractivity contribution in [1.29, 1.82) is 0 Å². The Morgan fingerprint density at radius 2 is 2.00 bits per heavy atom. The molecular formula is C20H14F2N4O3. The standard InChI is InChI=1S/C20H14F2N4O3/c1-10-3-2-4-12(7-10)26-18-13(9-23-26)17(27)16(20(29)25-18)19(28)24-15-8-11(21)5-6-14(15)22/h2-9H,1H3,(H,24,28)(H2,25,27,29). The van der Waals surface area contributed by atoms with Crippen LogP contribution in [0.3, 0.4) is 0 Å². The molecule has 0 saturated carbocycles. The molecule has 0 aliphatic carbocycles. The summed E-state index contributed by atoms with van der Waals surface area (Å²) in [7, 11) is 0. The van der Waals surface area contributed by atoms with E-state index in [4.69, 9.17) is 0 Å². The van der Waals surface area contributed by atoms with Crippen LogP contribution in [0.15, 0.2) is 53.5 Å². The molecule has 0 saturated heterocycles. The van der Waals surface area contributed by atoms with Crippen molar-refractivity contribution in [3.63, 3.8) is 0 Å². The van der Waals surface area contributed by atoms with E-state index in [-0.39, 0.29) is 11.0 Å². The molecular weight excluding hydrogens is 382 g/mol. The first-order chi connectivity index (χ1) is 13.8. The van der Waals surface area contributed by atoms with E-state index < -0.39 is 40.1 Å². The number of hydrogen-bond acceptors (Lipinski definition) is 4. The highest BCUT2D eigenvalue weighted by Gasteiger charge is 2.22. The summed E-state index contributed by atoms with van der Waals surface area (Å²) in [6, 6.07) is 9.80. The normalized spacial score (nSPS) is 11.0. The summed E-state index contributed by atoms with van der Waals surface area (Å²) in [4.78, 5) is 27.5. The fourth-order valence-corrected chi connectivity index (χ4v) is 3.00. The molecule has 0 unspecified atom stereocenters. The van der Waals surface area contributed by atoms with E-state index in [1.54, 1.807) is 6.07 Å². The number of nitrogens with one attached hydrogen (secondary N) is 2. The first-order valence-corrected chi connectivity index (χ1v) is 8.51. The van der Waals surface area contributed by atoms with Crippen LogP contribution in [0.2, 0.25) is 0 Å². The van der Waals surface area contributed by atoms with Crippen LogP contribution < -0.4 is 10.9 Å². The summed E-state index contributed by atoms with van der Waals surface area (Å²) < 4.78 is 28.5. The fraction of sp³-hybridized carbons (Fsp3) is 0.0500. The highest BCUT2D eigenvalue weighted by molar-refractivity contribution is 6.08. The summed E-state index contributed by atoms with van der Waals surface area (Å²) in [5.74, 6) is -3.35. The number of aromatic amines is 1. The summed E-state index contributed by atoms with van der Waals surface area (Å²) in [6.45, 7) is 1.89. The zero-order valence-electron chi connectivity index (χ0n) is 15.0. The minimum atomic E-state index is -1.08. The van der Waals surface area contributed by atoms with Gasteiger partial charge in [-0.1, -0.05) is 12.1 Å². The first kappa shape index (κ1) is 18.4. The summed E-state index contributed by atoms with van der Waals surface area (Å²) in [6.07, 6.45) is 1.29. The number of aromatic hydroxyl groups is 1. The van der Waals surface area contributed by atoms with Crippen LogP contribution in [0.1, 0.15) is 15.9 Å². The molecule has 29 heavy (non-hydrogen) atoms. The molecule has 4 aromatic rings. The number of hydrogen-bond donors (Lipinski definition) is 3. The van der Waals surface area contributed by atoms with Gasteiger partial charge in [-0.15, -0.1) is 0 Å². The molecule has 0 fully saturated rings. The van der Waals surface area contributed by atoms with Gasteiger partial charge in [-0.2, -0.15) is 5.10 Å². The number of aromatic nitrogens is 3. The van der Waals surface area contributed by atoms with Gasteiger partial charge in [-0.25, -0.2) is 13.5 Å².